The van der Waals surface area contributed by atoms with Gasteiger partial charge in [-0.05, 0) is 77.0 Å². The third kappa shape index (κ3) is 47.7. The van der Waals surface area contributed by atoms with Crippen LogP contribution < -0.4 is 5.32 Å². The first-order valence-corrected chi connectivity index (χ1v) is 27.1. The number of allylic oxidation sites excluding steroid dienone is 4. The van der Waals surface area contributed by atoms with E-state index in [1.807, 2.05) is 0 Å². The lowest BCUT2D eigenvalue weighted by Gasteiger charge is -2.22. The quantitative estimate of drug-likeness (QED) is 0.0322. The minimum absolute atomic E-state index is 0.00260. The molecule has 0 fully saturated rings. The molecule has 6 nitrogen and oxygen atoms in total. The first kappa shape index (κ1) is 59.3. The fourth-order valence-electron chi connectivity index (χ4n) is 8.28. The van der Waals surface area contributed by atoms with Crippen molar-refractivity contribution in [3.63, 3.8) is 0 Å². The number of carbonyl (C=O) groups is 2. The molecule has 0 rings (SSSR count). The first-order valence-electron chi connectivity index (χ1n) is 27.1. The van der Waals surface area contributed by atoms with Crippen LogP contribution in [0.2, 0.25) is 0 Å². The molecule has 0 saturated heterocycles. The molecular weight excluding hydrogens is 755 g/mol. The van der Waals surface area contributed by atoms with E-state index in [4.69, 9.17) is 4.74 Å². The highest BCUT2D eigenvalue weighted by atomic mass is 16.5. The van der Waals surface area contributed by atoms with Gasteiger partial charge < -0.3 is 20.3 Å². The minimum Gasteiger partial charge on any atom is -0.466 e. The minimum atomic E-state index is -0.667. The average molecular weight is 860 g/mol. The molecule has 0 aromatic carbocycles. The van der Waals surface area contributed by atoms with Crippen molar-refractivity contribution in [2.24, 2.45) is 0 Å². The Hall–Kier alpha value is -1.66. The van der Waals surface area contributed by atoms with Gasteiger partial charge in [-0.25, -0.2) is 0 Å². The van der Waals surface area contributed by atoms with Crippen molar-refractivity contribution in [2.75, 3.05) is 13.2 Å². The number of rotatable bonds is 50. The number of nitrogens with one attached hydrogen (secondary N) is 1. The van der Waals surface area contributed by atoms with Gasteiger partial charge in [-0.15, -0.1) is 0 Å². The lowest BCUT2D eigenvalue weighted by Crippen LogP contribution is -2.45. The number of esters is 1. The summed E-state index contributed by atoms with van der Waals surface area (Å²) in [6, 6.07) is -0.546. The summed E-state index contributed by atoms with van der Waals surface area (Å²) in [6.45, 7) is 4.92. The molecule has 2 atom stereocenters. The van der Waals surface area contributed by atoms with Crippen LogP contribution in [0.25, 0.3) is 0 Å². The van der Waals surface area contributed by atoms with Crippen molar-refractivity contribution in [1.82, 2.24) is 5.32 Å². The maximum absolute atomic E-state index is 12.4. The second-order valence-corrected chi connectivity index (χ2v) is 18.6. The van der Waals surface area contributed by atoms with Crippen LogP contribution in [-0.4, -0.2) is 47.4 Å². The van der Waals surface area contributed by atoms with Gasteiger partial charge in [-0.3, -0.25) is 9.59 Å². The summed E-state index contributed by atoms with van der Waals surface area (Å²) in [5.74, 6) is -0.0481. The second-order valence-electron chi connectivity index (χ2n) is 18.6. The van der Waals surface area contributed by atoms with Crippen LogP contribution in [0.15, 0.2) is 24.3 Å². The van der Waals surface area contributed by atoms with Crippen LogP contribution >= 0.6 is 0 Å². The summed E-state index contributed by atoms with van der Waals surface area (Å²) in [5.41, 5.74) is 0. The number of amides is 1. The number of carbonyl (C=O) groups excluding carboxylic acids is 2. The second kappa shape index (κ2) is 51.0. The molecule has 0 heterocycles. The van der Waals surface area contributed by atoms with Crippen LogP contribution in [0.1, 0.15) is 290 Å². The number of unbranched alkanes of at least 4 members (excludes halogenated alkanes) is 35. The average Bonchev–Trinajstić information content (AvgIpc) is 3.26. The molecule has 6 heteroatoms. The van der Waals surface area contributed by atoms with E-state index in [-0.39, 0.29) is 18.5 Å². The van der Waals surface area contributed by atoms with E-state index >= 15 is 0 Å². The van der Waals surface area contributed by atoms with E-state index in [1.54, 1.807) is 0 Å². The lowest BCUT2D eigenvalue weighted by molar-refractivity contribution is -0.143. The normalized spacial score (nSPS) is 12.8. The summed E-state index contributed by atoms with van der Waals surface area (Å²) in [5, 5.41) is 23.1. The summed E-state index contributed by atoms with van der Waals surface area (Å²) in [7, 11) is 0. The fourth-order valence-corrected chi connectivity index (χ4v) is 8.28. The Bertz CT molecular complexity index is 951. The monoisotopic (exact) mass is 860 g/mol. The molecule has 0 aliphatic carbocycles. The van der Waals surface area contributed by atoms with Gasteiger partial charge in [0.25, 0.3) is 0 Å². The SMILES string of the molecule is CCCCCCC/C=C\CCCCCCCC(=O)OCCCCCCCCCCC/C=C\CCCCCCCCCC(=O)NC(CO)C(O)CCCCCCCCCCCC. The van der Waals surface area contributed by atoms with Gasteiger partial charge in [0.15, 0.2) is 0 Å². The van der Waals surface area contributed by atoms with E-state index in [0.717, 1.165) is 44.9 Å². The van der Waals surface area contributed by atoms with Crippen molar-refractivity contribution < 1.29 is 24.5 Å². The number of hydrogen-bond acceptors (Lipinski definition) is 5. The fraction of sp³-hybridized carbons (Fsp3) is 0.891. The third-order valence-electron chi connectivity index (χ3n) is 12.5. The van der Waals surface area contributed by atoms with E-state index in [0.29, 0.717) is 25.9 Å². The van der Waals surface area contributed by atoms with Gasteiger partial charge in [-0.2, -0.15) is 0 Å². The van der Waals surface area contributed by atoms with Crippen molar-refractivity contribution in [2.45, 2.75) is 302 Å². The zero-order chi connectivity index (χ0) is 44.4. The molecule has 0 saturated carbocycles. The van der Waals surface area contributed by atoms with E-state index in [1.165, 1.54) is 212 Å². The topological polar surface area (TPSA) is 95.9 Å². The molecule has 2 unspecified atom stereocenters. The highest BCUT2D eigenvalue weighted by Crippen LogP contribution is 2.16. The summed E-state index contributed by atoms with van der Waals surface area (Å²) in [6.07, 6.45) is 60.2. The lowest BCUT2D eigenvalue weighted by atomic mass is 10.0. The van der Waals surface area contributed by atoms with Crippen molar-refractivity contribution in [1.29, 1.82) is 0 Å². The Labute approximate surface area is 380 Å². The van der Waals surface area contributed by atoms with Gasteiger partial charge in [0, 0.05) is 12.8 Å². The van der Waals surface area contributed by atoms with Crippen LogP contribution in [0.5, 0.6) is 0 Å². The summed E-state index contributed by atoms with van der Waals surface area (Å²) < 4.78 is 5.46. The molecule has 3 N–H and O–H groups in total. The van der Waals surface area contributed by atoms with Crippen LogP contribution in [-0.2, 0) is 14.3 Å². The van der Waals surface area contributed by atoms with Crippen LogP contribution in [0, 0.1) is 0 Å². The standard InChI is InChI=1S/C55H105NO5/c1-3-5-7-9-11-13-15-16-26-29-33-37-41-45-49-55(60)61-50-46-42-38-34-30-27-24-22-20-18-17-19-21-23-25-28-32-36-40-44-48-54(59)56-52(51-57)53(58)47-43-39-35-31-14-12-10-8-6-4-2/h15-17,19,52-53,57-58H,3-14,18,20-51H2,1-2H3,(H,56,59)/b16-15-,19-17-. The Balaban J connectivity index is 3.41. The van der Waals surface area contributed by atoms with E-state index in [9.17, 15) is 19.8 Å². The van der Waals surface area contributed by atoms with Gasteiger partial charge in [0.2, 0.25) is 5.91 Å². The van der Waals surface area contributed by atoms with Gasteiger partial charge in [0.1, 0.15) is 0 Å². The molecule has 0 aromatic rings. The van der Waals surface area contributed by atoms with E-state index in [2.05, 4.69) is 43.5 Å². The molecule has 0 aromatic heterocycles. The summed E-state index contributed by atoms with van der Waals surface area (Å²) >= 11 is 0. The molecule has 360 valence electrons. The Morgan fingerprint density at radius 1 is 0.443 bits per heavy atom. The van der Waals surface area contributed by atoms with Gasteiger partial charge in [0.05, 0.1) is 25.4 Å². The van der Waals surface area contributed by atoms with Crippen molar-refractivity contribution in [3.05, 3.63) is 24.3 Å². The molecule has 61 heavy (non-hydrogen) atoms. The number of aliphatic hydroxyl groups is 2. The van der Waals surface area contributed by atoms with Crippen LogP contribution in [0.4, 0.5) is 0 Å². The maximum Gasteiger partial charge on any atom is 0.305 e. The predicted molar refractivity (Wildman–Crippen MR) is 264 cm³/mol. The largest absolute Gasteiger partial charge is 0.466 e. The van der Waals surface area contributed by atoms with Crippen molar-refractivity contribution in [3.8, 4) is 0 Å². The van der Waals surface area contributed by atoms with E-state index < -0.39 is 12.1 Å². The Kier molecular flexibility index (Phi) is 49.6. The number of hydrogen-bond donors (Lipinski definition) is 3. The summed E-state index contributed by atoms with van der Waals surface area (Å²) in [4.78, 5) is 24.4. The van der Waals surface area contributed by atoms with Gasteiger partial charge in [-0.1, -0.05) is 224 Å². The number of ether oxygens (including phenoxy) is 1. The maximum atomic E-state index is 12.4. The predicted octanol–water partition coefficient (Wildman–Crippen LogP) is 16.3. The molecule has 0 spiro atoms. The van der Waals surface area contributed by atoms with Crippen molar-refractivity contribution >= 4 is 11.9 Å². The first-order chi connectivity index (χ1) is 30.0. The van der Waals surface area contributed by atoms with Gasteiger partial charge >= 0.3 is 5.97 Å². The molecule has 0 aliphatic rings. The molecule has 1 amide bonds. The zero-order valence-electron chi connectivity index (χ0n) is 40.9. The number of aliphatic hydroxyl groups excluding tert-OH is 2. The Morgan fingerprint density at radius 2 is 0.770 bits per heavy atom. The van der Waals surface area contributed by atoms with Crippen LogP contribution in [0.3, 0.4) is 0 Å². The smallest absolute Gasteiger partial charge is 0.305 e. The molecule has 0 radical (unpaired) electrons. The molecule has 0 bridgehead atoms. The molecule has 0 aliphatic heterocycles. The zero-order valence-corrected chi connectivity index (χ0v) is 40.9. The molecular formula is C55H105NO5. The Morgan fingerprint density at radius 3 is 1.16 bits per heavy atom. The third-order valence-corrected chi connectivity index (χ3v) is 12.5. The highest BCUT2D eigenvalue weighted by Gasteiger charge is 2.20. The highest BCUT2D eigenvalue weighted by molar-refractivity contribution is 5.76.